The molecule has 0 bridgehead atoms. The van der Waals surface area contributed by atoms with Crippen molar-refractivity contribution in [3.05, 3.63) is 71.9 Å². The van der Waals surface area contributed by atoms with Gasteiger partial charge in [-0.1, -0.05) is 6.42 Å². The summed E-state index contributed by atoms with van der Waals surface area (Å²) in [5.41, 5.74) is 7.21. The van der Waals surface area contributed by atoms with Crippen LogP contribution in [-0.2, 0) is 6.54 Å². The first-order valence-corrected chi connectivity index (χ1v) is 13.3. The molecule has 0 aromatic carbocycles. The zero-order valence-electron chi connectivity index (χ0n) is 20.0. The third-order valence-corrected chi connectivity index (χ3v) is 7.93. The monoisotopic (exact) mass is 509 g/mol. The van der Waals surface area contributed by atoms with E-state index in [1.165, 1.54) is 30.9 Å². The lowest BCUT2D eigenvalue weighted by molar-refractivity contribution is 0.220. The van der Waals surface area contributed by atoms with Crippen molar-refractivity contribution in [3.63, 3.8) is 0 Å². The van der Waals surface area contributed by atoms with Crippen LogP contribution in [0.2, 0.25) is 0 Å². The standard InChI is InChI=1S/C28H24FN7S/c29-26-5-4-25(37-26)19-6-7-31-28-20(19)11-23(33-28)27-21-12-22(32-15-24(21)34-35-27)18-10-17(13-30-14-18)16-36-8-2-1-3-9-36/h4-7,10-15H,1-3,8-9,16H2,(H,31,33)(H,34,35). The number of nitrogens with zero attached hydrogens (tertiary/aromatic N) is 5. The molecule has 184 valence electrons. The summed E-state index contributed by atoms with van der Waals surface area (Å²) in [5.74, 6) is 0. The molecule has 9 heteroatoms. The van der Waals surface area contributed by atoms with E-state index in [1.54, 1.807) is 12.3 Å². The van der Waals surface area contributed by atoms with E-state index < -0.39 is 0 Å². The van der Waals surface area contributed by atoms with Crippen molar-refractivity contribution < 1.29 is 4.39 Å². The average molecular weight is 510 g/mol. The second-order valence-corrected chi connectivity index (χ2v) is 10.5. The Labute approximate surface area is 216 Å². The van der Waals surface area contributed by atoms with Crippen LogP contribution in [-0.4, -0.2) is 48.1 Å². The van der Waals surface area contributed by atoms with Crippen LogP contribution in [0.5, 0.6) is 0 Å². The fourth-order valence-electron chi connectivity index (χ4n) is 5.20. The summed E-state index contributed by atoms with van der Waals surface area (Å²) in [6, 6.07) is 11.5. The average Bonchev–Trinajstić information content (AvgIpc) is 3.66. The van der Waals surface area contributed by atoms with Crippen LogP contribution in [0, 0.1) is 5.13 Å². The van der Waals surface area contributed by atoms with Gasteiger partial charge in [-0.15, -0.1) is 11.3 Å². The van der Waals surface area contributed by atoms with Crippen molar-refractivity contribution in [2.75, 3.05) is 13.1 Å². The Hall–Kier alpha value is -3.95. The van der Waals surface area contributed by atoms with Gasteiger partial charge in [0.1, 0.15) is 11.3 Å². The molecule has 0 atom stereocenters. The molecule has 6 aromatic rings. The molecule has 0 spiro atoms. The molecule has 0 unspecified atom stereocenters. The number of aromatic amines is 2. The number of piperidine rings is 1. The summed E-state index contributed by atoms with van der Waals surface area (Å²) in [5, 5.41) is 9.38. The van der Waals surface area contributed by atoms with Gasteiger partial charge in [0.05, 0.1) is 23.1 Å². The van der Waals surface area contributed by atoms with E-state index in [1.807, 2.05) is 30.7 Å². The van der Waals surface area contributed by atoms with Crippen LogP contribution >= 0.6 is 11.3 Å². The highest BCUT2D eigenvalue weighted by molar-refractivity contribution is 7.14. The van der Waals surface area contributed by atoms with E-state index in [0.717, 1.165) is 86.0 Å². The quantitative estimate of drug-likeness (QED) is 0.280. The zero-order chi connectivity index (χ0) is 24.8. The summed E-state index contributed by atoms with van der Waals surface area (Å²) in [6.07, 6.45) is 11.2. The fourth-order valence-corrected chi connectivity index (χ4v) is 5.97. The topological polar surface area (TPSA) is 86.4 Å². The van der Waals surface area contributed by atoms with Gasteiger partial charge in [-0.3, -0.25) is 20.0 Å². The highest BCUT2D eigenvalue weighted by Crippen LogP contribution is 2.36. The first-order chi connectivity index (χ1) is 18.2. The summed E-state index contributed by atoms with van der Waals surface area (Å²) >= 11 is 1.13. The maximum atomic E-state index is 13.7. The number of halogens is 1. The molecule has 37 heavy (non-hydrogen) atoms. The Morgan fingerprint density at radius 3 is 2.73 bits per heavy atom. The highest BCUT2D eigenvalue weighted by atomic mass is 32.1. The van der Waals surface area contributed by atoms with Crippen molar-refractivity contribution in [2.24, 2.45) is 0 Å². The van der Waals surface area contributed by atoms with Gasteiger partial charge in [-0.25, -0.2) is 4.98 Å². The highest BCUT2D eigenvalue weighted by Gasteiger charge is 2.17. The van der Waals surface area contributed by atoms with Gasteiger partial charge in [0, 0.05) is 51.9 Å². The van der Waals surface area contributed by atoms with Crippen LogP contribution in [0.4, 0.5) is 4.39 Å². The maximum absolute atomic E-state index is 13.7. The number of aromatic nitrogens is 6. The number of hydrogen-bond acceptors (Lipinski definition) is 6. The van der Waals surface area contributed by atoms with E-state index in [2.05, 4.69) is 47.2 Å². The van der Waals surface area contributed by atoms with Crippen LogP contribution in [0.25, 0.3) is 55.0 Å². The maximum Gasteiger partial charge on any atom is 0.176 e. The second-order valence-electron chi connectivity index (χ2n) is 9.51. The summed E-state index contributed by atoms with van der Waals surface area (Å²) in [6.45, 7) is 3.21. The minimum absolute atomic E-state index is 0.205. The molecule has 1 aliphatic heterocycles. The molecule has 7 heterocycles. The second kappa shape index (κ2) is 9.17. The third kappa shape index (κ3) is 4.20. The van der Waals surface area contributed by atoms with Crippen LogP contribution in [0.3, 0.4) is 0 Å². The van der Waals surface area contributed by atoms with Gasteiger partial charge >= 0.3 is 0 Å². The van der Waals surface area contributed by atoms with E-state index in [4.69, 9.17) is 0 Å². The first kappa shape index (κ1) is 22.3. The van der Waals surface area contributed by atoms with Crippen molar-refractivity contribution >= 4 is 33.3 Å². The molecule has 7 nitrogen and oxygen atoms in total. The molecule has 2 N–H and O–H groups in total. The molecule has 6 aromatic heterocycles. The predicted octanol–water partition coefficient (Wildman–Crippen LogP) is 6.42. The molecule has 1 aliphatic rings. The molecule has 0 aliphatic carbocycles. The van der Waals surface area contributed by atoms with Gasteiger partial charge in [-0.2, -0.15) is 9.49 Å². The summed E-state index contributed by atoms with van der Waals surface area (Å²) < 4.78 is 13.7. The summed E-state index contributed by atoms with van der Waals surface area (Å²) in [4.78, 5) is 20.5. The van der Waals surface area contributed by atoms with Gasteiger partial charge in [0.15, 0.2) is 5.13 Å². The SMILES string of the molecule is Fc1ccc(-c2ccnc3[nH]c(-c4n[nH]c5cnc(-c6cncc(CN7CCCCC7)c6)cc45)cc23)s1. The van der Waals surface area contributed by atoms with E-state index >= 15 is 0 Å². The Balaban J connectivity index is 1.26. The third-order valence-electron chi connectivity index (χ3n) is 7.02. The molecule has 1 fully saturated rings. The number of H-pyrrole nitrogens is 2. The van der Waals surface area contributed by atoms with Crippen molar-refractivity contribution in [1.29, 1.82) is 0 Å². The smallest absolute Gasteiger partial charge is 0.176 e. The lowest BCUT2D eigenvalue weighted by Gasteiger charge is -2.26. The Bertz CT molecular complexity index is 1730. The van der Waals surface area contributed by atoms with Crippen molar-refractivity contribution in [1.82, 2.24) is 35.0 Å². The number of thiophene rings is 1. The normalized spacial score (nSPS) is 14.6. The predicted molar refractivity (Wildman–Crippen MR) is 145 cm³/mol. The molecular weight excluding hydrogens is 485 g/mol. The number of nitrogens with one attached hydrogen (secondary N) is 2. The zero-order valence-corrected chi connectivity index (χ0v) is 20.9. The van der Waals surface area contributed by atoms with E-state index in [9.17, 15) is 4.39 Å². The largest absolute Gasteiger partial charge is 0.338 e. The van der Waals surface area contributed by atoms with E-state index in [0.29, 0.717) is 0 Å². The number of hydrogen-bond donors (Lipinski definition) is 2. The molecule has 0 radical (unpaired) electrons. The fraction of sp³-hybridized carbons (Fsp3) is 0.214. The van der Waals surface area contributed by atoms with Crippen LogP contribution in [0.15, 0.2) is 61.2 Å². The molecular formula is C28H24FN7S. The Morgan fingerprint density at radius 1 is 0.946 bits per heavy atom. The van der Waals surface area contributed by atoms with Crippen molar-refractivity contribution in [2.45, 2.75) is 25.8 Å². The Morgan fingerprint density at radius 2 is 1.86 bits per heavy atom. The first-order valence-electron chi connectivity index (χ1n) is 12.5. The molecule has 7 rings (SSSR count). The Kier molecular flexibility index (Phi) is 5.52. The number of pyridine rings is 3. The number of rotatable bonds is 5. The molecule has 0 saturated carbocycles. The van der Waals surface area contributed by atoms with E-state index in [-0.39, 0.29) is 5.13 Å². The number of likely N-dealkylation sites (tertiary alicyclic amines) is 1. The van der Waals surface area contributed by atoms with Gasteiger partial charge < -0.3 is 4.98 Å². The molecule has 1 saturated heterocycles. The lowest BCUT2D eigenvalue weighted by atomic mass is 10.1. The minimum atomic E-state index is -0.205. The number of fused-ring (bicyclic) bond motifs is 2. The van der Waals surface area contributed by atoms with Crippen LogP contribution < -0.4 is 0 Å². The summed E-state index contributed by atoms with van der Waals surface area (Å²) in [7, 11) is 0. The van der Waals surface area contributed by atoms with Gasteiger partial charge in [-0.05, 0) is 67.9 Å². The minimum Gasteiger partial charge on any atom is -0.338 e. The molecule has 0 amide bonds. The van der Waals surface area contributed by atoms with Gasteiger partial charge in [0.25, 0.3) is 0 Å². The van der Waals surface area contributed by atoms with Gasteiger partial charge in [0.2, 0.25) is 0 Å². The van der Waals surface area contributed by atoms with Crippen molar-refractivity contribution in [3.8, 4) is 33.1 Å². The van der Waals surface area contributed by atoms with Crippen LogP contribution in [0.1, 0.15) is 24.8 Å². The lowest BCUT2D eigenvalue weighted by Crippen LogP contribution is -2.29.